The van der Waals surface area contributed by atoms with E-state index in [9.17, 15) is 18.0 Å². The van der Waals surface area contributed by atoms with Gasteiger partial charge in [0.2, 0.25) is 10.0 Å². The molecule has 2 N–H and O–H groups in total. The summed E-state index contributed by atoms with van der Waals surface area (Å²) in [5, 5.41) is 13.4. The van der Waals surface area contributed by atoms with Gasteiger partial charge in [0.15, 0.2) is 0 Å². The van der Waals surface area contributed by atoms with E-state index in [0.29, 0.717) is 18.8 Å². The molecule has 1 aliphatic rings. The first-order valence-corrected chi connectivity index (χ1v) is 13.3. The number of aromatic nitrogens is 4. The van der Waals surface area contributed by atoms with Crippen LogP contribution in [0.2, 0.25) is 10.0 Å². The minimum absolute atomic E-state index is 0.0315. The number of amides is 2. The van der Waals surface area contributed by atoms with E-state index < -0.39 is 21.8 Å². The van der Waals surface area contributed by atoms with Crippen molar-refractivity contribution in [2.45, 2.75) is 31.1 Å². The Balaban J connectivity index is 1.62. The van der Waals surface area contributed by atoms with Crippen LogP contribution in [0.5, 0.6) is 0 Å². The Bertz CT molecular complexity index is 1440. The number of nitrogens with one attached hydrogen (secondary N) is 2. The third kappa shape index (κ3) is 4.99. The minimum atomic E-state index is -3.92. The second kappa shape index (κ2) is 10.2. The lowest BCUT2D eigenvalue weighted by Crippen LogP contribution is -2.35. The van der Waals surface area contributed by atoms with Crippen LogP contribution in [0.1, 0.15) is 45.8 Å². The van der Waals surface area contributed by atoms with E-state index >= 15 is 0 Å². The number of anilines is 2. The molecule has 4 rings (SSSR count). The molecule has 3 aromatic rings. The van der Waals surface area contributed by atoms with E-state index in [-0.39, 0.29) is 31.9 Å². The third-order valence-corrected chi connectivity index (χ3v) is 8.76. The minimum Gasteiger partial charge on any atom is -0.319 e. The highest BCUT2D eigenvalue weighted by Crippen LogP contribution is 2.32. The van der Waals surface area contributed by atoms with Gasteiger partial charge >= 0.3 is 0 Å². The van der Waals surface area contributed by atoms with Gasteiger partial charge in [0, 0.05) is 27.2 Å². The van der Waals surface area contributed by atoms with Crippen molar-refractivity contribution in [3.05, 3.63) is 51.5 Å². The standard InChI is InChI=1S/C22H25Cl2N7O4S/c1-13-17(11-25-29(13)2)27-22(33)20-18(12-26-30(20)3)28-21(32)14-9-19(16(24)10-15(14)23)36(34,35)31-7-5-4-6-8-31/h9-12H,4-8H2,1-3H3,(H,27,33)(H,28,32). The molecule has 0 unspecified atom stereocenters. The third-order valence-electron chi connectivity index (χ3n) is 6.08. The van der Waals surface area contributed by atoms with Crippen molar-refractivity contribution in [3.8, 4) is 0 Å². The van der Waals surface area contributed by atoms with Gasteiger partial charge in [0.25, 0.3) is 11.8 Å². The molecule has 1 saturated heterocycles. The molecule has 0 atom stereocenters. The van der Waals surface area contributed by atoms with Crippen LogP contribution in [0.25, 0.3) is 0 Å². The first kappa shape index (κ1) is 26.1. The highest BCUT2D eigenvalue weighted by molar-refractivity contribution is 7.89. The zero-order valence-electron chi connectivity index (χ0n) is 19.9. The van der Waals surface area contributed by atoms with Gasteiger partial charge in [-0.1, -0.05) is 29.6 Å². The van der Waals surface area contributed by atoms with Gasteiger partial charge in [-0.25, -0.2) is 8.42 Å². The topological polar surface area (TPSA) is 131 Å². The van der Waals surface area contributed by atoms with Gasteiger partial charge in [0.05, 0.1) is 45.1 Å². The highest BCUT2D eigenvalue weighted by Gasteiger charge is 2.30. The predicted molar refractivity (Wildman–Crippen MR) is 136 cm³/mol. The summed E-state index contributed by atoms with van der Waals surface area (Å²) in [5.41, 5.74) is 1.35. The molecule has 192 valence electrons. The molecule has 0 saturated carbocycles. The first-order valence-electron chi connectivity index (χ1n) is 11.1. The van der Waals surface area contributed by atoms with E-state index in [2.05, 4.69) is 20.8 Å². The Labute approximate surface area is 218 Å². The summed E-state index contributed by atoms with van der Waals surface area (Å²) in [5.74, 6) is -1.23. The van der Waals surface area contributed by atoms with E-state index in [1.54, 1.807) is 25.7 Å². The second-order valence-electron chi connectivity index (χ2n) is 8.43. The number of sulfonamides is 1. The maximum Gasteiger partial charge on any atom is 0.276 e. The van der Waals surface area contributed by atoms with Crippen LogP contribution in [-0.2, 0) is 24.1 Å². The normalized spacial score (nSPS) is 14.6. The van der Waals surface area contributed by atoms with Crippen LogP contribution < -0.4 is 10.6 Å². The highest BCUT2D eigenvalue weighted by atomic mass is 35.5. The number of benzene rings is 1. The number of piperidine rings is 1. The number of hydrogen-bond donors (Lipinski definition) is 2. The Kier molecular flexibility index (Phi) is 7.41. The summed E-state index contributed by atoms with van der Waals surface area (Å²) in [6.45, 7) is 2.56. The summed E-state index contributed by atoms with van der Waals surface area (Å²) in [4.78, 5) is 26.0. The summed E-state index contributed by atoms with van der Waals surface area (Å²) < 4.78 is 30.7. The smallest absolute Gasteiger partial charge is 0.276 e. The van der Waals surface area contributed by atoms with E-state index in [4.69, 9.17) is 23.2 Å². The zero-order chi connectivity index (χ0) is 26.2. The molecule has 1 aliphatic heterocycles. The van der Waals surface area contributed by atoms with Crippen molar-refractivity contribution in [1.82, 2.24) is 23.9 Å². The monoisotopic (exact) mass is 553 g/mol. The number of aryl methyl sites for hydroxylation is 2. The van der Waals surface area contributed by atoms with Crippen LogP contribution in [0.3, 0.4) is 0 Å². The molecule has 2 amide bonds. The van der Waals surface area contributed by atoms with Crippen LogP contribution in [-0.4, -0.2) is 57.2 Å². The first-order chi connectivity index (χ1) is 17.0. The van der Waals surface area contributed by atoms with E-state index in [1.165, 1.54) is 33.5 Å². The van der Waals surface area contributed by atoms with Gasteiger partial charge < -0.3 is 10.6 Å². The van der Waals surface area contributed by atoms with Crippen molar-refractivity contribution in [2.75, 3.05) is 23.7 Å². The molecule has 36 heavy (non-hydrogen) atoms. The second-order valence-corrected chi connectivity index (χ2v) is 11.2. The number of carbonyl (C=O) groups is 2. The fourth-order valence-corrected chi connectivity index (χ4v) is 6.29. The Hall–Kier alpha value is -2.93. The largest absolute Gasteiger partial charge is 0.319 e. The lowest BCUT2D eigenvalue weighted by Gasteiger charge is -2.26. The van der Waals surface area contributed by atoms with Crippen LogP contribution in [0.4, 0.5) is 11.4 Å². The molecule has 14 heteroatoms. The van der Waals surface area contributed by atoms with Crippen LogP contribution in [0, 0.1) is 6.92 Å². The number of carbonyl (C=O) groups excluding carboxylic acids is 2. The predicted octanol–water partition coefficient (Wildman–Crippen LogP) is 3.45. The lowest BCUT2D eigenvalue weighted by atomic mass is 10.2. The molecule has 11 nitrogen and oxygen atoms in total. The molecule has 0 aliphatic carbocycles. The molecular weight excluding hydrogens is 529 g/mol. The molecular formula is C22H25Cl2N7O4S. The van der Waals surface area contributed by atoms with Crippen molar-refractivity contribution >= 4 is 56.4 Å². The molecule has 2 aromatic heterocycles. The summed E-state index contributed by atoms with van der Waals surface area (Å²) >= 11 is 12.5. The average molecular weight is 554 g/mol. The number of nitrogens with zero attached hydrogens (tertiary/aromatic N) is 5. The number of halogens is 2. The summed E-state index contributed by atoms with van der Waals surface area (Å²) in [6.07, 6.45) is 5.29. The Morgan fingerprint density at radius 1 is 0.889 bits per heavy atom. The Morgan fingerprint density at radius 2 is 1.50 bits per heavy atom. The molecule has 3 heterocycles. The molecule has 0 spiro atoms. The van der Waals surface area contributed by atoms with Gasteiger partial charge in [-0.05, 0) is 31.9 Å². The molecule has 1 fully saturated rings. The van der Waals surface area contributed by atoms with Gasteiger partial charge in [-0.15, -0.1) is 0 Å². The van der Waals surface area contributed by atoms with Crippen LogP contribution in [0.15, 0.2) is 29.4 Å². The summed E-state index contributed by atoms with van der Waals surface area (Å²) in [6, 6.07) is 2.40. The molecule has 1 aromatic carbocycles. The summed E-state index contributed by atoms with van der Waals surface area (Å²) in [7, 11) is -0.617. The van der Waals surface area contributed by atoms with Gasteiger partial charge in [-0.3, -0.25) is 19.0 Å². The van der Waals surface area contributed by atoms with Gasteiger partial charge in [-0.2, -0.15) is 14.5 Å². The number of rotatable bonds is 6. The van der Waals surface area contributed by atoms with E-state index in [1.807, 2.05) is 0 Å². The maximum absolute atomic E-state index is 13.2. The van der Waals surface area contributed by atoms with Crippen molar-refractivity contribution in [1.29, 1.82) is 0 Å². The van der Waals surface area contributed by atoms with E-state index in [0.717, 1.165) is 25.0 Å². The molecule has 0 bridgehead atoms. The quantitative estimate of drug-likeness (QED) is 0.480. The van der Waals surface area contributed by atoms with Crippen molar-refractivity contribution in [2.24, 2.45) is 14.1 Å². The Morgan fingerprint density at radius 3 is 2.14 bits per heavy atom. The SMILES string of the molecule is Cc1c(NC(=O)c2c(NC(=O)c3cc(S(=O)(=O)N4CCCCC4)c(Cl)cc3Cl)cnn2C)cnn1C. The fourth-order valence-electron chi connectivity index (χ4n) is 3.94. The van der Waals surface area contributed by atoms with Crippen molar-refractivity contribution < 1.29 is 18.0 Å². The number of hydrogen-bond acceptors (Lipinski definition) is 6. The average Bonchev–Trinajstić information content (AvgIpc) is 3.35. The zero-order valence-corrected chi connectivity index (χ0v) is 22.2. The fraction of sp³-hybridized carbons (Fsp3) is 0.364. The van der Waals surface area contributed by atoms with Crippen LogP contribution >= 0.6 is 23.2 Å². The lowest BCUT2D eigenvalue weighted by molar-refractivity contribution is 0.101. The molecule has 0 radical (unpaired) electrons. The maximum atomic E-state index is 13.2. The van der Waals surface area contributed by atoms with Gasteiger partial charge in [0.1, 0.15) is 10.6 Å². The van der Waals surface area contributed by atoms with Crippen molar-refractivity contribution in [3.63, 3.8) is 0 Å².